The van der Waals surface area contributed by atoms with Crippen LogP contribution in [0.1, 0.15) is 0 Å². The summed E-state index contributed by atoms with van der Waals surface area (Å²) in [6.45, 7) is 0.737. The fourth-order valence-corrected chi connectivity index (χ4v) is 1.65. The summed E-state index contributed by atoms with van der Waals surface area (Å²) in [4.78, 5) is 6.53. The van der Waals surface area contributed by atoms with Crippen molar-refractivity contribution in [3.8, 4) is 0 Å². The summed E-state index contributed by atoms with van der Waals surface area (Å²) < 4.78 is 62.7. The molecule has 0 N–H and O–H groups in total. The van der Waals surface area contributed by atoms with Crippen molar-refractivity contribution in [2.75, 3.05) is 27.8 Å². The average molecular weight is 380 g/mol. The Kier molecular flexibility index (Phi) is 4.85. The molecule has 0 aliphatic carbocycles. The van der Waals surface area contributed by atoms with E-state index in [9.17, 15) is 30.4 Å². The summed E-state index contributed by atoms with van der Waals surface area (Å²) >= 11 is 0. The van der Waals surface area contributed by atoms with Gasteiger partial charge in [0.05, 0.1) is 7.05 Å². The van der Waals surface area contributed by atoms with Gasteiger partial charge in [0.15, 0.2) is 0 Å². The van der Waals surface area contributed by atoms with E-state index >= 15 is 0 Å². The molecule has 0 saturated heterocycles. The zero-order valence-corrected chi connectivity index (χ0v) is 13.7. The van der Waals surface area contributed by atoms with Crippen LogP contribution in [0.5, 0.6) is 0 Å². The normalized spacial score (nSPS) is 15.7. The number of hydrogen-bond acceptors (Lipinski definition) is 4. The first-order chi connectivity index (χ1) is 10.5. The molecule has 0 amide bonds. The molecule has 0 atom stereocenters. The van der Waals surface area contributed by atoms with Crippen LogP contribution in [0, 0.1) is 5.21 Å². The van der Waals surface area contributed by atoms with E-state index in [-0.39, 0.29) is 0 Å². The number of halogens is 6. The van der Waals surface area contributed by atoms with Crippen molar-refractivity contribution in [2.45, 2.75) is 0 Å². The minimum atomic E-state index is -10.7. The minimum absolute atomic E-state index is 0.321. The molecule has 7 nitrogen and oxygen atoms in total. The topological polar surface area (TPSA) is 63.9 Å². The molecular weight excluding hydrogens is 365 g/mol. The number of fused-ring (bicyclic) bond motifs is 1. The molecule has 2 rings (SSSR count). The molecule has 24 heavy (non-hydrogen) atoms. The predicted molar refractivity (Wildman–Crippen MR) is 76.3 cm³/mol. The summed E-state index contributed by atoms with van der Waals surface area (Å²) in [7, 11) is -4.80. The van der Waals surface area contributed by atoms with Gasteiger partial charge in [-0.3, -0.25) is 9.48 Å². The van der Waals surface area contributed by atoms with Gasteiger partial charge in [0.25, 0.3) is 0 Å². The SMILES string of the molecule is CN(C)C[N+](C)=Cn1n[n+]([O-])c2ncccc21.F[P-](F)(F)(F)(F)F. The van der Waals surface area contributed by atoms with E-state index in [1.165, 1.54) is 4.68 Å². The summed E-state index contributed by atoms with van der Waals surface area (Å²) in [6, 6.07) is 3.59. The van der Waals surface area contributed by atoms with Gasteiger partial charge >= 0.3 is 38.6 Å². The number of aromatic nitrogens is 4. The van der Waals surface area contributed by atoms with Gasteiger partial charge in [-0.05, 0) is 26.2 Å². The molecule has 2 heterocycles. The van der Waals surface area contributed by atoms with Crippen molar-refractivity contribution < 1.29 is 34.6 Å². The van der Waals surface area contributed by atoms with E-state index in [4.69, 9.17) is 0 Å². The van der Waals surface area contributed by atoms with Crippen LogP contribution in [0.4, 0.5) is 25.2 Å². The van der Waals surface area contributed by atoms with Gasteiger partial charge in [-0.1, -0.05) is 4.68 Å². The number of nitrogens with zero attached hydrogens (tertiary/aromatic N) is 6. The van der Waals surface area contributed by atoms with Crippen LogP contribution in [0.2, 0.25) is 0 Å². The summed E-state index contributed by atoms with van der Waals surface area (Å²) in [6.07, 6.45) is 3.34. The van der Waals surface area contributed by atoms with Crippen molar-refractivity contribution in [1.82, 2.24) is 19.8 Å². The molecule has 0 aromatic carbocycles. The third-order valence-electron chi connectivity index (χ3n) is 2.18. The van der Waals surface area contributed by atoms with Gasteiger partial charge in [0, 0.05) is 5.21 Å². The molecule has 0 aliphatic rings. The molecule has 0 radical (unpaired) electrons. The third kappa shape index (κ3) is 8.58. The van der Waals surface area contributed by atoms with E-state index < -0.39 is 7.81 Å². The van der Waals surface area contributed by atoms with Crippen molar-refractivity contribution in [2.24, 2.45) is 0 Å². The monoisotopic (exact) mass is 380 g/mol. The van der Waals surface area contributed by atoms with Gasteiger partial charge < -0.3 is 5.21 Å². The van der Waals surface area contributed by atoms with Crippen molar-refractivity contribution in [3.05, 3.63) is 23.5 Å². The second-order valence-corrected chi connectivity index (χ2v) is 7.02. The summed E-state index contributed by atoms with van der Waals surface area (Å²) in [5.74, 6) is 0. The van der Waals surface area contributed by atoms with Gasteiger partial charge in [-0.2, -0.15) is 0 Å². The number of rotatable bonds is 3. The molecule has 0 spiro atoms. The Bertz CT molecular complexity index is 745. The van der Waals surface area contributed by atoms with Crippen molar-refractivity contribution >= 4 is 25.3 Å². The zero-order chi connectivity index (χ0) is 18.8. The van der Waals surface area contributed by atoms with Crippen molar-refractivity contribution in [1.29, 1.82) is 0 Å². The van der Waals surface area contributed by atoms with Crippen LogP contribution in [0.25, 0.3) is 11.2 Å². The van der Waals surface area contributed by atoms with Crippen LogP contribution < -0.4 is 4.85 Å². The standard InChI is InChI=1S/C10H15N6O.F6P/c1-13(2)7-14(3)8-15-9-5-4-6-11-10(9)16(17)12-15;1-7(2,3,4,5)6/h4-6,8H,7H2,1-3H3;/q+1;-1. The molecule has 14 heteroatoms. The van der Waals surface area contributed by atoms with E-state index in [0.717, 1.165) is 6.67 Å². The molecule has 0 bridgehead atoms. The molecule has 0 saturated carbocycles. The molecule has 0 fully saturated rings. The Morgan fingerprint density at radius 2 is 1.83 bits per heavy atom. The van der Waals surface area contributed by atoms with Crippen LogP contribution >= 0.6 is 7.81 Å². The van der Waals surface area contributed by atoms with Gasteiger partial charge in [0.2, 0.25) is 11.9 Å². The Hall–Kier alpha value is -2.01. The Balaban J connectivity index is 0.000000351. The zero-order valence-electron chi connectivity index (χ0n) is 12.8. The third-order valence-corrected chi connectivity index (χ3v) is 2.18. The molecule has 0 unspecified atom stereocenters. The Morgan fingerprint density at radius 1 is 1.29 bits per heavy atom. The molecule has 2 aromatic rings. The van der Waals surface area contributed by atoms with Crippen molar-refractivity contribution in [3.63, 3.8) is 0 Å². The van der Waals surface area contributed by atoms with Crippen LogP contribution in [0.3, 0.4) is 0 Å². The first-order valence-electron chi connectivity index (χ1n) is 6.22. The second kappa shape index (κ2) is 5.81. The predicted octanol–water partition coefficient (Wildman–Crippen LogP) is 2.48. The number of pyridine rings is 1. The second-order valence-electron chi connectivity index (χ2n) is 5.10. The molecule has 2 aromatic heterocycles. The van der Waals surface area contributed by atoms with Crippen LogP contribution in [-0.2, 0) is 0 Å². The van der Waals surface area contributed by atoms with Gasteiger partial charge in [0.1, 0.15) is 12.9 Å². The van der Waals surface area contributed by atoms with E-state index in [1.54, 1.807) is 18.6 Å². The summed E-state index contributed by atoms with van der Waals surface area (Å²) in [5, 5.41) is 15.3. The maximum atomic E-state index is 11.5. The summed E-state index contributed by atoms with van der Waals surface area (Å²) in [5.41, 5.74) is 1.01. The fraction of sp³-hybridized carbons (Fsp3) is 0.400. The first kappa shape index (κ1) is 20.0. The Labute approximate surface area is 132 Å². The molecular formula is C10H15F6N6OP. The molecule has 138 valence electrons. The average Bonchev–Trinajstić information content (AvgIpc) is 2.62. The van der Waals surface area contributed by atoms with Crippen LogP contribution in [-0.4, -0.2) is 58.5 Å². The Morgan fingerprint density at radius 3 is 2.33 bits per heavy atom. The van der Waals surface area contributed by atoms with E-state index in [2.05, 4.69) is 10.2 Å². The van der Waals surface area contributed by atoms with E-state index in [1.807, 2.05) is 36.7 Å². The van der Waals surface area contributed by atoms with E-state index in [0.29, 0.717) is 16.0 Å². The van der Waals surface area contributed by atoms with Gasteiger partial charge in [-0.15, -0.1) is 9.83 Å². The number of hydrogen-bond donors (Lipinski definition) is 0. The molecule has 0 aliphatic heterocycles. The fourth-order valence-electron chi connectivity index (χ4n) is 1.65. The maximum absolute atomic E-state index is 11.5. The first-order valence-corrected chi connectivity index (χ1v) is 8.25. The van der Waals surface area contributed by atoms with Gasteiger partial charge in [-0.25, -0.2) is 0 Å². The van der Waals surface area contributed by atoms with Crippen LogP contribution in [0.15, 0.2) is 18.3 Å². The quantitative estimate of drug-likeness (QED) is 0.156.